The Bertz CT molecular complexity index is 1300. The molecule has 0 unspecified atom stereocenters. The highest BCUT2D eigenvalue weighted by Crippen LogP contribution is 2.43. The molecule has 3 heterocycles. The van der Waals surface area contributed by atoms with Crippen molar-refractivity contribution in [3.8, 4) is 0 Å². The second-order valence-corrected chi connectivity index (χ2v) is 9.37. The molecule has 2 atom stereocenters. The Morgan fingerprint density at radius 1 is 1.17 bits per heavy atom. The van der Waals surface area contributed by atoms with Crippen molar-refractivity contribution in [1.82, 2.24) is 14.8 Å². The van der Waals surface area contributed by atoms with E-state index in [-0.39, 0.29) is 30.2 Å². The van der Waals surface area contributed by atoms with Crippen LogP contribution in [0.2, 0.25) is 0 Å². The predicted molar refractivity (Wildman–Crippen MR) is 130 cm³/mol. The minimum Gasteiger partial charge on any atom is -0.379 e. The van der Waals surface area contributed by atoms with Gasteiger partial charge in [0.1, 0.15) is 6.04 Å². The molecule has 0 spiro atoms. The van der Waals surface area contributed by atoms with Gasteiger partial charge in [0.15, 0.2) is 0 Å². The summed E-state index contributed by atoms with van der Waals surface area (Å²) < 4.78 is 5.60. The molecule has 9 nitrogen and oxygen atoms in total. The van der Waals surface area contributed by atoms with Gasteiger partial charge in [-0.1, -0.05) is 30.3 Å². The van der Waals surface area contributed by atoms with Crippen LogP contribution in [0.4, 0.5) is 5.69 Å². The molecule has 9 heteroatoms. The number of piperazine rings is 1. The molecule has 3 aromatic rings. The lowest BCUT2D eigenvalue weighted by atomic mass is 9.86. The normalized spacial score (nSPS) is 19.9. The van der Waals surface area contributed by atoms with E-state index in [1.165, 1.54) is 12.1 Å². The Hall–Kier alpha value is -3.72. The summed E-state index contributed by atoms with van der Waals surface area (Å²) in [6.45, 7) is 4.87. The van der Waals surface area contributed by atoms with E-state index in [0.717, 1.165) is 22.2 Å². The molecule has 1 N–H and O–H groups in total. The van der Waals surface area contributed by atoms with Gasteiger partial charge in [-0.05, 0) is 37.5 Å². The van der Waals surface area contributed by atoms with Gasteiger partial charge in [-0.2, -0.15) is 0 Å². The van der Waals surface area contributed by atoms with E-state index in [1.807, 2.05) is 38.1 Å². The van der Waals surface area contributed by atoms with Crippen molar-refractivity contribution in [2.24, 2.45) is 0 Å². The molecule has 2 aliphatic heterocycles. The van der Waals surface area contributed by atoms with Gasteiger partial charge in [-0.25, -0.2) is 0 Å². The van der Waals surface area contributed by atoms with Crippen LogP contribution >= 0.6 is 0 Å². The minimum atomic E-state index is -0.668. The number of H-pyrrole nitrogens is 1. The molecule has 0 aliphatic carbocycles. The van der Waals surface area contributed by atoms with Crippen molar-refractivity contribution in [3.05, 3.63) is 75.5 Å². The summed E-state index contributed by atoms with van der Waals surface area (Å²) in [5, 5.41) is 12.5. The summed E-state index contributed by atoms with van der Waals surface area (Å²) in [7, 11) is 0. The molecular weight excluding hydrogens is 448 g/mol. The number of nitrogens with zero attached hydrogens (tertiary/aromatic N) is 3. The molecule has 2 aromatic carbocycles. The maximum Gasteiger partial charge on any atom is 0.269 e. The van der Waals surface area contributed by atoms with Crippen molar-refractivity contribution in [2.45, 2.75) is 44.9 Å². The van der Waals surface area contributed by atoms with Crippen LogP contribution < -0.4 is 0 Å². The number of aromatic amines is 1. The number of carbonyl (C=O) groups is 2. The van der Waals surface area contributed by atoms with Crippen molar-refractivity contribution >= 4 is 28.4 Å². The van der Waals surface area contributed by atoms with Crippen LogP contribution in [0.3, 0.4) is 0 Å². The van der Waals surface area contributed by atoms with Crippen LogP contribution in [-0.4, -0.2) is 63.4 Å². The van der Waals surface area contributed by atoms with Gasteiger partial charge in [0.25, 0.3) is 5.69 Å². The summed E-state index contributed by atoms with van der Waals surface area (Å²) in [4.78, 5) is 44.9. The van der Waals surface area contributed by atoms with Crippen LogP contribution in [-0.2, 0) is 20.7 Å². The third-order valence-electron chi connectivity index (χ3n) is 6.76. The van der Waals surface area contributed by atoms with Crippen molar-refractivity contribution in [1.29, 1.82) is 0 Å². The van der Waals surface area contributed by atoms with Gasteiger partial charge in [0.2, 0.25) is 11.8 Å². The largest absolute Gasteiger partial charge is 0.379 e. The Labute approximate surface area is 202 Å². The van der Waals surface area contributed by atoms with Gasteiger partial charge < -0.3 is 19.5 Å². The number of benzene rings is 2. The first-order valence-electron chi connectivity index (χ1n) is 11.9. The lowest BCUT2D eigenvalue weighted by molar-refractivity contribution is -0.384. The highest BCUT2D eigenvalue weighted by atomic mass is 16.6. The molecule has 2 amide bonds. The second kappa shape index (κ2) is 9.14. The number of hydrogen-bond donors (Lipinski definition) is 1. The quantitative estimate of drug-likeness (QED) is 0.319. The third-order valence-corrected chi connectivity index (χ3v) is 6.76. The van der Waals surface area contributed by atoms with E-state index in [1.54, 1.807) is 21.9 Å². The molecule has 0 saturated carbocycles. The number of amides is 2. The highest BCUT2D eigenvalue weighted by molar-refractivity contribution is 5.97. The van der Waals surface area contributed by atoms with E-state index in [0.29, 0.717) is 31.6 Å². The van der Waals surface area contributed by atoms with E-state index >= 15 is 0 Å². The molecular formula is C26H28N4O5. The summed E-state index contributed by atoms with van der Waals surface area (Å²) in [6.07, 6.45) is 1.16. The monoisotopic (exact) mass is 476 g/mol. The van der Waals surface area contributed by atoms with Crippen LogP contribution in [0, 0.1) is 10.1 Å². The van der Waals surface area contributed by atoms with Crippen LogP contribution in [0.5, 0.6) is 0 Å². The zero-order chi connectivity index (χ0) is 24.7. The number of para-hydroxylation sites is 1. The number of fused-ring (bicyclic) bond motifs is 4. The Kier molecular flexibility index (Phi) is 6.02. The number of carbonyl (C=O) groups excluding carboxylic acids is 2. The fourth-order valence-electron chi connectivity index (χ4n) is 5.24. The number of ether oxygens (including phenoxy) is 1. The molecule has 2 aliphatic rings. The topological polar surface area (TPSA) is 109 Å². The number of nitro groups is 1. The lowest BCUT2D eigenvalue weighted by Gasteiger charge is -2.47. The zero-order valence-electron chi connectivity index (χ0n) is 19.8. The molecule has 35 heavy (non-hydrogen) atoms. The van der Waals surface area contributed by atoms with Crippen molar-refractivity contribution in [3.63, 3.8) is 0 Å². The molecule has 182 valence electrons. The van der Waals surface area contributed by atoms with Gasteiger partial charge in [-0.15, -0.1) is 0 Å². The van der Waals surface area contributed by atoms with Crippen molar-refractivity contribution in [2.75, 3.05) is 19.7 Å². The maximum absolute atomic E-state index is 13.6. The van der Waals surface area contributed by atoms with E-state index in [4.69, 9.17) is 4.74 Å². The first-order chi connectivity index (χ1) is 16.8. The number of rotatable bonds is 7. The highest BCUT2D eigenvalue weighted by Gasteiger charge is 2.48. The Morgan fingerprint density at radius 3 is 2.74 bits per heavy atom. The van der Waals surface area contributed by atoms with Gasteiger partial charge in [-0.3, -0.25) is 19.7 Å². The average molecular weight is 477 g/mol. The number of aromatic nitrogens is 1. The summed E-state index contributed by atoms with van der Waals surface area (Å²) in [5.74, 6) is -0.263. The van der Waals surface area contributed by atoms with E-state index in [2.05, 4.69) is 4.98 Å². The number of nitro benzene ring substituents is 1. The molecule has 1 fully saturated rings. The van der Waals surface area contributed by atoms with Crippen molar-refractivity contribution < 1.29 is 19.2 Å². The fourth-order valence-corrected chi connectivity index (χ4v) is 5.24. The molecule has 1 saturated heterocycles. The third kappa shape index (κ3) is 4.16. The number of non-ortho nitro benzene ring substituents is 1. The average Bonchev–Trinajstić information content (AvgIpc) is 3.21. The Balaban J connectivity index is 1.55. The fraction of sp³-hybridized carbons (Fsp3) is 0.385. The molecule has 0 bridgehead atoms. The van der Waals surface area contributed by atoms with Crippen LogP contribution in [0.25, 0.3) is 10.9 Å². The standard InChI is InChI=1S/C26H28N4O5/c1-16(2)35-12-6-11-28-15-23(31)29-22(26(28)32)14-20-19-9-3-4-10-21(19)27-24(20)25(29)17-7-5-8-18(13-17)30(33)34/h3-5,7-10,13,16,22,25,27H,6,11-12,14-15H2,1-2H3/t22-,25+/m1/s1. The first-order valence-corrected chi connectivity index (χ1v) is 11.9. The first kappa shape index (κ1) is 23.0. The van der Waals surface area contributed by atoms with Crippen LogP contribution in [0.15, 0.2) is 48.5 Å². The summed E-state index contributed by atoms with van der Waals surface area (Å²) in [5.41, 5.74) is 3.25. The number of nitrogens with one attached hydrogen (secondary N) is 1. The Morgan fingerprint density at radius 2 is 1.97 bits per heavy atom. The second-order valence-electron chi connectivity index (χ2n) is 9.37. The molecule has 1 aromatic heterocycles. The van der Waals surface area contributed by atoms with Gasteiger partial charge >= 0.3 is 0 Å². The SMILES string of the molecule is CC(C)OCCCN1CC(=O)N2[C@@H](c3cccc([N+](=O)[O-])c3)c3[nH]c4ccccc4c3C[C@@H]2C1=O. The summed E-state index contributed by atoms with van der Waals surface area (Å²) in [6, 6.07) is 12.9. The van der Waals surface area contributed by atoms with E-state index in [9.17, 15) is 19.7 Å². The van der Waals surface area contributed by atoms with Gasteiger partial charge in [0, 0.05) is 48.3 Å². The minimum absolute atomic E-state index is 0.0159. The zero-order valence-corrected chi connectivity index (χ0v) is 19.8. The number of hydrogen-bond acceptors (Lipinski definition) is 5. The molecule has 5 rings (SSSR count). The smallest absolute Gasteiger partial charge is 0.269 e. The predicted octanol–water partition coefficient (Wildman–Crippen LogP) is 3.58. The van der Waals surface area contributed by atoms with Crippen LogP contribution in [0.1, 0.15) is 43.1 Å². The maximum atomic E-state index is 13.6. The van der Waals surface area contributed by atoms with Gasteiger partial charge in [0.05, 0.1) is 23.6 Å². The summed E-state index contributed by atoms with van der Waals surface area (Å²) >= 11 is 0. The lowest BCUT2D eigenvalue weighted by Crippen LogP contribution is -2.63. The molecule has 0 radical (unpaired) electrons. The van der Waals surface area contributed by atoms with E-state index < -0.39 is 17.0 Å².